The number of hydrazone groups is 1. The van der Waals surface area contributed by atoms with Crippen molar-refractivity contribution in [2.24, 2.45) is 10.1 Å². The fourth-order valence-corrected chi connectivity index (χ4v) is 3.03. The third kappa shape index (κ3) is 4.00. The lowest BCUT2D eigenvalue weighted by Gasteiger charge is -2.11. The molecular weight excluding hydrogens is 414 g/mol. The molecule has 28 heavy (non-hydrogen) atoms. The third-order valence-electron chi connectivity index (χ3n) is 4.17. The molecule has 1 heterocycles. The van der Waals surface area contributed by atoms with Gasteiger partial charge in [0.05, 0.1) is 6.21 Å². The first-order valence-electron chi connectivity index (χ1n) is 8.75. The number of rotatable bonds is 4. The van der Waals surface area contributed by atoms with Gasteiger partial charge in [-0.25, -0.2) is 4.99 Å². The van der Waals surface area contributed by atoms with Crippen LogP contribution < -0.4 is 0 Å². The molecule has 0 N–H and O–H groups in total. The molecule has 0 unspecified atom stereocenters. The van der Waals surface area contributed by atoms with Crippen molar-refractivity contribution in [2.45, 2.75) is 0 Å². The molecule has 0 radical (unpaired) electrons. The summed E-state index contributed by atoms with van der Waals surface area (Å²) in [7, 11) is 0. The summed E-state index contributed by atoms with van der Waals surface area (Å²) in [5.74, 6) is 0.261. The fraction of sp³-hybridized carbons (Fsp3) is 0. The summed E-state index contributed by atoms with van der Waals surface area (Å²) in [4.78, 5) is 17.6. The summed E-state index contributed by atoms with van der Waals surface area (Å²) in [6.07, 6.45) is 3.44. The van der Waals surface area contributed by atoms with Crippen LogP contribution in [0, 0.1) is 0 Å². The molecule has 4 rings (SSSR count). The van der Waals surface area contributed by atoms with Gasteiger partial charge in [-0.05, 0) is 29.3 Å². The van der Waals surface area contributed by atoms with Crippen molar-refractivity contribution in [1.29, 1.82) is 0 Å². The Labute approximate surface area is 171 Å². The quantitative estimate of drug-likeness (QED) is 0.419. The van der Waals surface area contributed by atoms with Crippen molar-refractivity contribution in [3.8, 4) is 0 Å². The van der Waals surface area contributed by atoms with Crippen LogP contribution in [-0.2, 0) is 4.79 Å². The van der Waals surface area contributed by atoms with Crippen LogP contribution in [0.4, 0.5) is 0 Å². The lowest BCUT2D eigenvalue weighted by atomic mass is 10.2. The largest absolute Gasteiger partial charge is 0.298 e. The minimum Gasteiger partial charge on any atom is -0.265 e. The van der Waals surface area contributed by atoms with E-state index < -0.39 is 0 Å². The van der Waals surface area contributed by atoms with Crippen LogP contribution in [-0.4, -0.2) is 23.0 Å². The van der Waals surface area contributed by atoms with Crippen LogP contribution >= 0.6 is 15.9 Å². The first kappa shape index (κ1) is 18.1. The van der Waals surface area contributed by atoms with E-state index in [1.165, 1.54) is 5.01 Å². The van der Waals surface area contributed by atoms with Crippen molar-refractivity contribution in [2.75, 3.05) is 0 Å². The number of carbonyl (C=O) groups excluding carboxylic acids is 1. The zero-order valence-electron chi connectivity index (χ0n) is 14.9. The maximum absolute atomic E-state index is 13.0. The van der Waals surface area contributed by atoms with Crippen molar-refractivity contribution < 1.29 is 4.79 Å². The van der Waals surface area contributed by atoms with E-state index in [0.717, 1.165) is 21.2 Å². The second-order valence-corrected chi connectivity index (χ2v) is 7.07. The molecule has 1 aliphatic rings. The first-order valence-corrected chi connectivity index (χ1v) is 9.55. The monoisotopic (exact) mass is 429 g/mol. The Balaban J connectivity index is 1.71. The lowest BCUT2D eigenvalue weighted by molar-refractivity contribution is -0.122. The molecular formula is C23H16BrN3O. The predicted octanol–water partition coefficient (Wildman–Crippen LogP) is 5.11. The van der Waals surface area contributed by atoms with Crippen molar-refractivity contribution in [1.82, 2.24) is 5.01 Å². The minimum atomic E-state index is -0.254. The summed E-state index contributed by atoms with van der Waals surface area (Å²) in [6.45, 7) is 0. The molecule has 0 saturated heterocycles. The van der Waals surface area contributed by atoms with Gasteiger partial charge >= 0.3 is 0 Å². The molecule has 0 atom stereocenters. The molecule has 0 aliphatic carbocycles. The molecule has 1 amide bonds. The van der Waals surface area contributed by atoms with Gasteiger partial charge in [0.25, 0.3) is 5.91 Å². The highest BCUT2D eigenvalue weighted by atomic mass is 79.9. The highest BCUT2D eigenvalue weighted by Crippen LogP contribution is 2.22. The Morgan fingerprint density at radius 2 is 1.46 bits per heavy atom. The predicted molar refractivity (Wildman–Crippen MR) is 116 cm³/mol. The van der Waals surface area contributed by atoms with E-state index in [1.807, 2.05) is 84.9 Å². The van der Waals surface area contributed by atoms with Gasteiger partial charge in [0.2, 0.25) is 0 Å². The molecule has 0 saturated carbocycles. The number of carbonyl (C=O) groups is 1. The first-order chi connectivity index (χ1) is 13.7. The number of hydrogen-bond acceptors (Lipinski definition) is 3. The molecule has 3 aromatic carbocycles. The molecule has 0 aromatic heterocycles. The smallest absolute Gasteiger partial charge is 0.265 e. The van der Waals surface area contributed by atoms with Crippen LogP contribution in [0.1, 0.15) is 16.7 Å². The number of aliphatic imine (C=N–C) groups is 1. The average Bonchev–Trinajstić information content (AvgIpc) is 3.04. The maximum Gasteiger partial charge on any atom is 0.298 e. The number of amidine groups is 1. The highest BCUT2D eigenvalue weighted by Gasteiger charge is 2.31. The van der Waals surface area contributed by atoms with Gasteiger partial charge in [-0.15, -0.1) is 0 Å². The molecule has 0 bridgehead atoms. The Morgan fingerprint density at radius 1 is 0.821 bits per heavy atom. The zero-order valence-corrected chi connectivity index (χ0v) is 16.5. The molecule has 0 fully saturated rings. The van der Waals surface area contributed by atoms with E-state index in [-0.39, 0.29) is 5.91 Å². The second kappa shape index (κ2) is 8.15. The summed E-state index contributed by atoms with van der Waals surface area (Å²) in [5.41, 5.74) is 3.00. The summed E-state index contributed by atoms with van der Waals surface area (Å²) < 4.78 is 0.988. The molecule has 5 heteroatoms. The normalized spacial score (nSPS) is 15.5. The Bertz CT molecular complexity index is 1070. The fourth-order valence-electron chi connectivity index (χ4n) is 2.77. The van der Waals surface area contributed by atoms with Crippen LogP contribution in [0.25, 0.3) is 6.08 Å². The van der Waals surface area contributed by atoms with E-state index in [0.29, 0.717) is 11.5 Å². The lowest BCUT2D eigenvalue weighted by Crippen LogP contribution is -2.27. The van der Waals surface area contributed by atoms with E-state index >= 15 is 0 Å². The molecule has 136 valence electrons. The standard InChI is InChI=1S/C23H16BrN3O/c24-20-13-11-18(12-14-20)16-25-27-22(19-9-5-2-6-10-19)26-21(23(27)28)15-17-7-3-1-4-8-17/h1-16H/b21-15-,25-16+. The molecule has 3 aromatic rings. The van der Waals surface area contributed by atoms with Crippen LogP contribution in [0.5, 0.6) is 0 Å². The number of halogens is 1. The number of amides is 1. The maximum atomic E-state index is 13.0. The third-order valence-corrected chi connectivity index (χ3v) is 4.69. The number of hydrogen-bond donors (Lipinski definition) is 0. The van der Waals surface area contributed by atoms with Gasteiger partial charge in [0.1, 0.15) is 5.70 Å². The topological polar surface area (TPSA) is 45.0 Å². The SMILES string of the molecule is O=C1/C(=C/c2ccccc2)N=C(c2ccccc2)N1/N=C/c1ccc(Br)cc1. The van der Waals surface area contributed by atoms with Gasteiger partial charge < -0.3 is 0 Å². The van der Waals surface area contributed by atoms with E-state index in [2.05, 4.69) is 26.0 Å². The van der Waals surface area contributed by atoms with E-state index in [9.17, 15) is 4.79 Å². The van der Waals surface area contributed by atoms with Crippen molar-refractivity contribution in [3.63, 3.8) is 0 Å². The molecule has 1 aliphatic heterocycles. The van der Waals surface area contributed by atoms with Gasteiger partial charge in [0, 0.05) is 10.0 Å². The second-order valence-electron chi connectivity index (χ2n) is 6.15. The minimum absolute atomic E-state index is 0.254. The molecule has 0 spiro atoms. The number of nitrogens with zero attached hydrogens (tertiary/aromatic N) is 3. The van der Waals surface area contributed by atoms with E-state index in [1.54, 1.807) is 12.3 Å². The zero-order chi connectivity index (χ0) is 19.3. The van der Waals surface area contributed by atoms with E-state index in [4.69, 9.17) is 0 Å². The van der Waals surface area contributed by atoms with Gasteiger partial charge in [-0.1, -0.05) is 88.7 Å². The number of benzene rings is 3. The van der Waals surface area contributed by atoms with Crippen LogP contribution in [0.2, 0.25) is 0 Å². The summed E-state index contributed by atoms with van der Waals surface area (Å²) in [6, 6.07) is 27.0. The van der Waals surface area contributed by atoms with Gasteiger partial charge in [-0.3, -0.25) is 4.79 Å². The Morgan fingerprint density at radius 3 is 2.14 bits per heavy atom. The van der Waals surface area contributed by atoms with Gasteiger partial charge in [0.15, 0.2) is 5.84 Å². The van der Waals surface area contributed by atoms with Crippen LogP contribution in [0.15, 0.2) is 105 Å². The molecule has 4 nitrogen and oxygen atoms in total. The summed E-state index contributed by atoms with van der Waals surface area (Å²) >= 11 is 3.42. The van der Waals surface area contributed by atoms with Crippen LogP contribution in [0.3, 0.4) is 0 Å². The summed E-state index contributed by atoms with van der Waals surface area (Å²) in [5, 5.41) is 5.78. The van der Waals surface area contributed by atoms with Crippen molar-refractivity contribution >= 4 is 40.0 Å². The average molecular weight is 430 g/mol. The van der Waals surface area contributed by atoms with Gasteiger partial charge in [-0.2, -0.15) is 10.1 Å². The Hall–Kier alpha value is -3.31. The van der Waals surface area contributed by atoms with Crippen molar-refractivity contribution in [3.05, 3.63) is 112 Å². The highest BCUT2D eigenvalue weighted by molar-refractivity contribution is 9.10. The Kier molecular flexibility index (Phi) is 5.26.